The van der Waals surface area contributed by atoms with Crippen LogP contribution in [0.4, 0.5) is 0 Å². The topological polar surface area (TPSA) is 54.4 Å². The Morgan fingerprint density at radius 1 is 1.38 bits per heavy atom. The zero-order valence-corrected chi connectivity index (χ0v) is 9.10. The molecule has 1 atom stereocenters. The van der Waals surface area contributed by atoms with Crippen molar-refractivity contribution in [1.29, 1.82) is 0 Å². The molecule has 0 aliphatic carbocycles. The number of aliphatic hydroxyl groups is 1. The van der Waals surface area contributed by atoms with E-state index in [1.165, 1.54) is 0 Å². The molecule has 0 aromatic rings. The van der Waals surface area contributed by atoms with Crippen molar-refractivity contribution in [3.8, 4) is 0 Å². The maximum Gasteiger partial charge on any atom is 0.155 e. The maximum absolute atomic E-state index is 11.6. The molecule has 1 aliphatic rings. The second-order valence-corrected chi connectivity index (χ2v) is 6.11. The van der Waals surface area contributed by atoms with Gasteiger partial charge in [-0.25, -0.2) is 8.42 Å². The van der Waals surface area contributed by atoms with Gasteiger partial charge in [0, 0.05) is 0 Å². The molecule has 1 N–H and O–H groups in total. The summed E-state index contributed by atoms with van der Waals surface area (Å²) in [4.78, 5) is 0. The van der Waals surface area contributed by atoms with E-state index in [0.29, 0.717) is 25.7 Å². The molecule has 3 nitrogen and oxygen atoms in total. The van der Waals surface area contributed by atoms with E-state index < -0.39 is 20.7 Å². The van der Waals surface area contributed by atoms with Gasteiger partial charge in [0.25, 0.3) is 0 Å². The van der Waals surface area contributed by atoms with Gasteiger partial charge in [-0.1, -0.05) is 13.8 Å². The molecule has 13 heavy (non-hydrogen) atoms. The van der Waals surface area contributed by atoms with Crippen LogP contribution in [-0.2, 0) is 9.84 Å². The van der Waals surface area contributed by atoms with Crippen molar-refractivity contribution in [2.75, 3.05) is 5.75 Å². The van der Waals surface area contributed by atoms with Gasteiger partial charge in [0.2, 0.25) is 0 Å². The van der Waals surface area contributed by atoms with Gasteiger partial charge in [-0.2, -0.15) is 0 Å². The first-order valence-corrected chi connectivity index (χ1v) is 6.61. The molecule has 1 aliphatic heterocycles. The minimum Gasteiger partial charge on any atom is -0.389 e. The summed E-state index contributed by atoms with van der Waals surface area (Å²) >= 11 is 0. The first-order chi connectivity index (χ1) is 5.96. The Bertz CT molecular complexity index is 265. The summed E-state index contributed by atoms with van der Waals surface area (Å²) in [6, 6.07) is 0. The van der Waals surface area contributed by atoms with Gasteiger partial charge >= 0.3 is 0 Å². The first kappa shape index (κ1) is 11.0. The maximum atomic E-state index is 11.6. The van der Waals surface area contributed by atoms with Crippen molar-refractivity contribution in [3.05, 3.63) is 0 Å². The molecule has 0 unspecified atom stereocenters. The lowest BCUT2D eigenvalue weighted by Gasteiger charge is -2.30. The van der Waals surface area contributed by atoms with E-state index in [-0.39, 0.29) is 5.75 Å². The van der Waals surface area contributed by atoms with Crippen LogP contribution in [0.15, 0.2) is 0 Å². The van der Waals surface area contributed by atoms with Gasteiger partial charge < -0.3 is 5.11 Å². The van der Waals surface area contributed by atoms with E-state index in [0.717, 1.165) is 0 Å². The van der Waals surface area contributed by atoms with Crippen molar-refractivity contribution < 1.29 is 13.5 Å². The van der Waals surface area contributed by atoms with E-state index in [1.807, 2.05) is 13.8 Å². The van der Waals surface area contributed by atoms with Gasteiger partial charge in [-0.3, -0.25) is 0 Å². The van der Waals surface area contributed by atoms with E-state index in [2.05, 4.69) is 0 Å². The van der Waals surface area contributed by atoms with Crippen LogP contribution in [0.3, 0.4) is 0 Å². The predicted molar refractivity (Wildman–Crippen MR) is 52.3 cm³/mol. The van der Waals surface area contributed by atoms with Crippen molar-refractivity contribution >= 4 is 9.84 Å². The molecule has 0 bridgehead atoms. The minimum atomic E-state index is -3.02. The monoisotopic (exact) mass is 206 g/mol. The van der Waals surface area contributed by atoms with E-state index >= 15 is 0 Å². The zero-order chi connectivity index (χ0) is 10.1. The van der Waals surface area contributed by atoms with Crippen molar-refractivity contribution in [2.24, 2.45) is 0 Å². The molecule has 0 aromatic carbocycles. The summed E-state index contributed by atoms with van der Waals surface area (Å²) in [5, 5.41) is 9.57. The number of sulfone groups is 1. The Labute approximate surface area is 80.1 Å². The third kappa shape index (κ3) is 1.89. The fraction of sp³-hybridized carbons (Fsp3) is 1.00. The SMILES string of the molecule is CCC(O)(CC)[C@H]1CCCS1(=O)=O. The minimum absolute atomic E-state index is 0.250. The fourth-order valence-electron chi connectivity index (χ4n) is 2.10. The average molecular weight is 206 g/mol. The normalized spacial score (nSPS) is 27.8. The van der Waals surface area contributed by atoms with Crippen LogP contribution in [0, 0.1) is 0 Å². The molecule has 0 radical (unpaired) electrons. The lowest BCUT2D eigenvalue weighted by Crippen LogP contribution is -2.43. The van der Waals surface area contributed by atoms with Crippen LogP contribution in [0.25, 0.3) is 0 Å². The highest BCUT2D eigenvalue weighted by Gasteiger charge is 2.45. The van der Waals surface area contributed by atoms with Crippen LogP contribution in [0.5, 0.6) is 0 Å². The summed E-state index contributed by atoms with van der Waals surface area (Å²) in [5.41, 5.74) is -0.991. The largest absolute Gasteiger partial charge is 0.389 e. The quantitative estimate of drug-likeness (QED) is 0.752. The Kier molecular flexibility index (Phi) is 3.02. The standard InChI is InChI=1S/C9H18O3S/c1-3-9(10,4-2)8-6-5-7-13(8,11)12/h8,10H,3-7H2,1-2H3/t8-/m1/s1. The van der Waals surface area contributed by atoms with Crippen LogP contribution < -0.4 is 0 Å². The first-order valence-electron chi connectivity index (χ1n) is 4.90. The summed E-state index contributed by atoms with van der Waals surface area (Å²) in [5.74, 6) is 0.250. The molecular weight excluding hydrogens is 188 g/mol. The van der Waals surface area contributed by atoms with Gasteiger partial charge in [-0.05, 0) is 25.7 Å². The van der Waals surface area contributed by atoms with Crippen LogP contribution in [0.1, 0.15) is 39.5 Å². The number of hydrogen-bond donors (Lipinski definition) is 1. The van der Waals surface area contributed by atoms with Gasteiger partial charge in [0.05, 0.1) is 16.6 Å². The van der Waals surface area contributed by atoms with E-state index in [1.54, 1.807) is 0 Å². The second kappa shape index (κ2) is 3.58. The molecule has 4 heteroatoms. The molecule has 0 amide bonds. The summed E-state index contributed by atoms with van der Waals surface area (Å²) < 4.78 is 23.1. The Hall–Kier alpha value is -0.0900. The summed E-state index contributed by atoms with van der Waals surface area (Å²) in [7, 11) is -3.02. The molecule has 0 saturated carbocycles. The molecule has 1 heterocycles. The molecule has 78 valence electrons. The number of rotatable bonds is 3. The molecule has 1 rings (SSSR count). The average Bonchev–Trinajstić information content (AvgIpc) is 2.44. The molecule has 0 aromatic heterocycles. The van der Waals surface area contributed by atoms with Crippen LogP contribution in [0.2, 0.25) is 0 Å². The highest BCUT2D eigenvalue weighted by molar-refractivity contribution is 7.92. The molecule has 1 fully saturated rings. The Morgan fingerprint density at radius 3 is 2.23 bits per heavy atom. The Balaban J connectivity index is 2.93. The molecule has 0 spiro atoms. The van der Waals surface area contributed by atoms with E-state index in [4.69, 9.17) is 0 Å². The third-order valence-corrected chi connectivity index (χ3v) is 5.55. The van der Waals surface area contributed by atoms with E-state index in [9.17, 15) is 13.5 Å². The smallest absolute Gasteiger partial charge is 0.155 e. The lowest BCUT2D eigenvalue weighted by molar-refractivity contribution is 0.0274. The third-order valence-electron chi connectivity index (χ3n) is 3.15. The zero-order valence-electron chi connectivity index (χ0n) is 8.28. The highest BCUT2D eigenvalue weighted by Crippen LogP contribution is 2.33. The molecular formula is C9H18O3S. The van der Waals surface area contributed by atoms with Crippen LogP contribution >= 0.6 is 0 Å². The van der Waals surface area contributed by atoms with Crippen LogP contribution in [-0.4, -0.2) is 30.1 Å². The van der Waals surface area contributed by atoms with Gasteiger partial charge in [0.15, 0.2) is 9.84 Å². The van der Waals surface area contributed by atoms with Crippen molar-refractivity contribution in [2.45, 2.75) is 50.4 Å². The Morgan fingerprint density at radius 2 is 1.92 bits per heavy atom. The highest BCUT2D eigenvalue weighted by atomic mass is 32.2. The summed E-state index contributed by atoms with van der Waals surface area (Å²) in [6.07, 6.45) is 2.37. The van der Waals surface area contributed by atoms with Crippen molar-refractivity contribution in [1.82, 2.24) is 0 Å². The fourth-order valence-corrected chi connectivity index (χ4v) is 4.48. The van der Waals surface area contributed by atoms with Gasteiger partial charge in [-0.15, -0.1) is 0 Å². The predicted octanol–water partition coefficient (Wildman–Crippen LogP) is 1.11. The summed E-state index contributed by atoms with van der Waals surface area (Å²) in [6.45, 7) is 3.69. The van der Waals surface area contributed by atoms with Crippen molar-refractivity contribution in [3.63, 3.8) is 0 Å². The molecule has 1 saturated heterocycles. The second-order valence-electron chi connectivity index (χ2n) is 3.81. The number of hydrogen-bond acceptors (Lipinski definition) is 3. The lowest BCUT2D eigenvalue weighted by atomic mass is 9.91. The van der Waals surface area contributed by atoms with Gasteiger partial charge in [0.1, 0.15) is 0 Å².